The van der Waals surface area contributed by atoms with Gasteiger partial charge in [-0.3, -0.25) is 0 Å². The average molecular weight is 285 g/mol. The molecular formula is C12H19N3O3S. The predicted octanol–water partition coefficient (Wildman–Crippen LogP) is 0.768. The highest BCUT2D eigenvalue weighted by Gasteiger charge is 2.31. The zero-order chi connectivity index (χ0) is 14.1. The van der Waals surface area contributed by atoms with Crippen LogP contribution in [0.4, 0.5) is 11.4 Å². The molecule has 2 rings (SSSR count). The first-order valence-corrected chi connectivity index (χ1v) is 7.54. The molecule has 0 saturated carbocycles. The van der Waals surface area contributed by atoms with Crippen LogP contribution in [-0.4, -0.2) is 34.2 Å². The van der Waals surface area contributed by atoms with E-state index < -0.39 is 10.0 Å². The van der Waals surface area contributed by atoms with Gasteiger partial charge < -0.3 is 15.8 Å². The van der Waals surface area contributed by atoms with E-state index >= 15 is 0 Å². The molecule has 0 spiro atoms. The van der Waals surface area contributed by atoms with Crippen LogP contribution in [0, 0.1) is 0 Å². The molecule has 1 fully saturated rings. The molecule has 0 bridgehead atoms. The predicted molar refractivity (Wildman–Crippen MR) is 74.6 cm³/mol. The van der Waals surface area contributed by atoms with E-state index in [1.165, 1.54) is 13.1 Å². The molecule has 0 amide bonds. The third kappa shape index (κ3) is 2.99. The van der Waals surface area contributed by atoms with Gasteiger partial charge in [0.2, 0.25) is 10.0 Å². The number of hydrogen-bond donors (Lipinski definition) is 3. The van der Waals surface area contributed by atoms with E-state index in [-0.39, 0.29) is 10.4 Å². The molecule has 1 aliphatic rings. The fourth-order valence-corrected chi connectivity index (χ4v) is 2.98. The van der Waals surface area contributed by atoms with Gasteiger partial charge in [-0.2, -0.15) is 0 Å². The largest absolute Gasteiger partial charge is 0.399 e. The van der Waals surface area contributed by atoms with Gasteiger partial charge in [0, 0.05) is 12.3 Å². The summed E-state index contributed by atoms with van der Waals surface area (Å²) in [5, 5.41) is 3.25. The van der Waals surface area contributed by atoms with Crippen LogP contribution in [0.3, 0.4) is 0 Å². The van der Waals surface area contributed by atoms with Crippen molar-refractivity contribution in [3.05, 3.63) is 18.2 Å². The van der Waals surface area contributed by atoms with Crippen LogP contribution in [0.25, 0.3) is 0 Å². The van der Waals surface area contributed by atoms with Gasteiger partial charge in [-0.1, -0.05) is 0 Å². The minimum atomic E-state index is -3.55. The highest BCUT2D eigenvalue weighted by molar-refractivity contribution is 7.89. The maximum absolute atomic E-state index is 12.0. The topological polar surface area (TPSA) is 93.5 Å². The molecule has 106 valence electrons. The Morgan fingerprint density at radius 1 is 1.42 bits per heavy atom. The number of nitrogen functional groups attached to an aromatic ring is 1. The van der Waals surface area contributed by atoms with Crippen molar-refractivity contribution in [3.8, 4) is 0 Å². The van der Waals surface area contributed by atoms with Crippen LogP contribution >= 0.6 is 0 Å². The second-order valence-electron chi connectivity index (χ2n) is 4.95. The van der Waals surface area contributed by atoms with Crippen molar-refractivity contribution in [1.29, 1.82) is 0 Å². The van der Waals surface area contributed by atoms with E-state index in [0.717, 1.165) is 6.42 Å². The Kier molecular flexibility index (Phi) is 3.71. The van der Waals surface area contributed by atoms with E-state index in [9.17, 15) is 8.42 Å². The van der Waals surface area contributed by atoms with Gasteiger partial charge >= 0.3 is 0 Å². The molecule has 1 aromatic carbocycles. The van der Waals surface area contributed by atoms with E-state index in [1.54, 1.807) is 12.1 Å². The molecule has 4 N–H and O–H groups in total. The first-order valence-electron chi connectivity index (χ1n) is 6.05. The van der Waals surface area contributed by atoms with Gasteiger partial charge in [-0.05, 0) is 38.6 Å². The minimum Gasteiger partial charge on any atom is -0.399 e. The van der Waals surface area contributed by atoms with E-state index in [1.807, 2.05) is 6.92 Å². The van der Waals surface area contributed by atoms with Crippen LogP contribution in [-0.2, 0) is 14.8 Å². The summed E-state index contributed by atoms with van der Waals surface area (Å²) in [6.07, 6.45) is 0.830. The standard InChI is InChI=1S/C12H19N3O3S/c1-12(5-6-18-8-12)15-10-4-3-9(13)7-11(10)19(16,17)14-2/h3-4,7,14-15H,5-6,8,13H2,1-2H3. The van der Waals surface area contributed by atoms with Crippen LogP contribution in [0.2, 0.25) is 0 Å². The Balaban J connectivity index is 2.40. The highest BCUT2D eigenvalue weighted by Crippen LogP contribution is 2.29. The lowest BCUT2D eigenvalue weighted by Gasteiger charge is -2.26. The molecule has 0 aliphatic carbocycles. The van der Waals surface area contributed by atoms with Crippen molar-refractivity contribution in [2.45, 2.75) is 23.8 Å². The second kappa shape index (κ2) is 4.99. The summed E-state index contributed by atoms with van der Waals surface area (Å²) in [5.41, 5.74) is 6.37. The van der Waals surface area contributed by atoms with Crippen LogP contribution in [0.5, 0.6) is 0 Å². The fourth-order valence-electron chi connectivity index (χ4n) is 2.07. The molecule has 0 radical (unpaired) electrons. The number of benzene rings is 1. The zero-order valence-corrected chi connectivity index (χ0v) is 11.9. The molecular weight excluding hydrogens is 266 g/mol. The summed E-state index contributed by atoms with van der Waals surface area (Å²) in [4.78, 5) is 0.156. The third-order valence-electron chi connectivity index (χ3n) is 3.22. The fraction of sp³-hybridized carbons (Fsp3) is 0.500. The number of anilines is 2. The van der Waals surface area contributed by atoms with E-state index in [0.29, 0.717) is 24.6 Å². The lowest BCUT2D eigenvalue weighted by Crippen LogP contribution is -2.36. The maximum atomic E-state index is 12.0. The summed E-state index contributed by atoms with van der Waals surface area (Å²) >= 11 is 0. The minimum absolute atomic E-state index is 0.156. The number of rotatable bonds is 4. The Hall–Kier alpha value is -1.31. The third-order valence-corrected chi connectivity index (χ3v) is 4.67. The molecule has 1 saturated heterocycles. The first-order chi connectivity index (χ1) is 8.86. The summed E-state index contributed by atoms with van der Waals surface area (Å²) in [7, 11) is -2.18. The molecule has 1 heterocycles. The summed E-state index contributed by atoms with van der Waals surface area (Å²) < 4.78 is 31.7. The number of nitrogens with one attached hydrogen (secondary N) is 2. The number of hydrogen-bond acceptors (Lipinski definition) is 5. The number of nitrogens with two attached hydrogens (primary N) is 1. The SMILES string of the molecule is CNS(=O)(=O)c1cc(N)ccc1NC1(C)CCOC1. The first kappa shape index (κ1) is 14.1. The lowest BCUT2D eigenvalue weighted by molar-refractivity contribution is 0.185. The molecule has 19 heavy (non-hydrogen) atoms. The molecule has 1 aliphatic heterocycles. The average Bonchev–Trinajstić information content (AvgIpc) is 2.78. The van der Waals surface area contributed by atoms with Crippen LogP contribution < -0.4 is 15.8 Å². The van der Waals surface area contributed by atoms with E-state index in [2.05, 4.69) is 10.0 Å². The zero-order valence-electron chi connectivity index (χ0n) is 11.1. The van der Waals surface area contributed by atoms with Crippen molar-refractivity contribution in [1.82, 2.24) is 4.72 Å². The molecule has 1 aromatic rings. The Morgan fingerprint density at radius 3 is 2.74 bits per heavy atom. The van der Waals surface area contributed by atoms with Gasteiger partial charge in [-0.15, -0.1) is 0 Å². The number of sulfonamides is 1. The summed E-state index contributed by atoms with van der Waals surface area (Å²) in [6, 6.07) is 4.81. The lowest BCUT2D eigenvalue weighted by atomic mass is 10.0. The quantitative estimate of drug-likeness (QED) is 0.710. The monoisotopic (exact) mass is 285 g/mol. The van der Waals surface area contributed by atoms with Gasteiger partial charge in [0.25, 0.3) is 0 Å². The van der Waals surface area contributed by atoms with Gasteiger partial charge in [0.05, 0.1) is 17.8 Å². The molecule has 0 aromatic heterocycles. The molecule has 1 atom stereocenters. The van der Waals surface area contributed by atoms with Crippen LogP contribution in [0.1, 0.15) is 13.3 Å². The van der Waals surface area contributed by atoms with E-state index in [4.69, 9.17) is 10.5 Å². The van der Waals surface area contributed by atoms with Gasteiger partial charge in [0.15, 0.2) is 0 Å². The number of ether oxygens (including phenoxy) is 1. The van der Waals surface area contributed by atoms with Crippen molar-refractivity contribution in [2.24, 2.45) is 0 Å². The molecule has 1 unspecified atom stereocenters. The highest BCUT2D eigenvalue weighted by atomic mass is 32.2. The summed E-state index contributed by atoms with van der Waals surface area (Å²) in [6.45, 7) is 3.23. The molecule has 6 nitrogen and oxygen atoms in total. The smallest absolute Gasteiger partial charge is 0.242 e. The Labute approximate surface area is 113 Å². The normalized spacial score (nSPS) is 23.5. The van der Waals surface area contributed by atoms with Crippen molar-refractivity contribution >= 4 is 21.4 Å². The second-order valence-corrected chi connectivity index (χ2v) is 6.81. The van der Waals surface area contributed by atoms with Crippen molar-refractivity contribution in [3.63, 3.8) is 0 Å². The molecule has 7 heteroatoms. The Morgan fingerprint density at radius 2 is 2.16 bits per heavy atom. The van der Waals surface area contributed by atoms with Gasteiger partial charge in [-0.25, -0.2) is 13.1 Å². The summed E-state index contributed by atoms with van der Waals surface area (Å²) in [5.74, 6) is 0. The van der Waals surface area contributed by atoms with Crippen LogP contribution in [0.15, 0.2) is 23.1 Å². The maximum Gasteiger partial charge on any atom is 0.242 e. The van der Waals surface area contributed by atoms with Crippen molar-refractivity contribution < 1.29 is 13.2 Å². The van der Waals surface area contributed by atoms with Gasteiger partial charge in [0.1, 0.15) is 4.90 Å². The Bertz CT molecular complexity index is 566. The van der Waals surface area contributed by atoms with Crippen molar-refractivity contribution in [2.75, 3.05) is 31.3 Å².